The molecule has 1 aromatic carbocycles. The zero-order valence-electron chi connectivity index (χ0n) is 15.0. The summed E-state index contributed by atoms with van der Waals surface area (Å²) in [5.74, 6) is 1.56. The molecule has 1 amide bonds. The van der Waals surface area contributed by atoms with E-state index in [0.717, 1.165) is 17.1 Å². The molecule has 0 bridgehead atoms. The Balaban J connectivity index is 1.60. The third-order valence-electron chi connectivity index (χ3n) is 4.36. The van der Waals surface area contributed by atoms with Crippen LogP contribution in [0, 0.1) is 12.8 Å². The van der Waals surface area contributed by atoms with E-state index in [1.165, 1.54) is 7.11 Å². The fourth-order valence-electron chi connectivity index (χ4n) is 2.91. The van der Waals surface area contributed by atoms with Gasteiger partial charge in [-0.1, -0.05) is 6.07 Å². The summed E-state index contributed by atoms with van der Waals surface area (Å²) in [7, 11) is 2.91. The lowest BCUT2D eigenvalue weighted by molar-refractivity contribution is -0.126. The van der Waals surface area contributed by atoms with Crippen molar-refractivity contribution in [3.05, 3.63) is 46.9 Å². The van der Waals surface area contributed by atoms with Crippen LogP contribution >= 0.6 is 0 Å². The second-order valence-electron chi connectivity index (χ2n) is 6.08. The topological polar surface area (TPSA) is 87.0 Å². The van der Waals surface area contributed by atoms with Crippen LogP contribution < -0.4 is 14.8 Å². The van der Waals surface area contributed by atoms with Crippen LogP contribution in [-0.2, 0) is 22.5 Å². The highest BCUT2D eigenvalue weighted by molar-refractivity contribution is 5.90. The number of rotatable bonds is 5. The molecule has 1 aromatic heterocycles. The van der Waals surface area contributed by atoms with Gasteiger partial charge in [0.15, 0.2) is 0 Å². The second-order valence-corrected chi connectivity index (χ2v) is 6.08. The number of hydrogen-bond donors (Lipinski definition) is 1. The summed E-state index contributed by atoms with van der Waals surface area (Å²) in [4.78, 5) is 24.0. The number of carbonyl (C=O) groups excluding carboxylic acids is 2. The van der Waals surface area contributed by atoms with E-state index >= 15 is 0 Å². The second kappa shape index (κ2) is 7.51. The lowest BCUT2D eigenvalue weighted by Crippen LogP contribution is -2.37. The molecule has 0 spiro atoms. The molecule has 0 aliphatic carbocycles. The average Bonchev–Trinajstić information content (AvgIpc) is 3.05. The molecule has 0 saturated carbocycles. The Morgan fingerprint density at radius 3 is 2.81 bits per heavy atom. The predicted molar refractivity (Wildman–Crippen MR) is 92.3 cm³/mol. The molecule has 138 valence electrons. The largest absolute Gasteiger partial charge is 0.497 e. The molecule has 2 aromatic rings. The number of fused-ring (bicyclic) bond motifs is 1. The quantitative estimate of drug-likeness (QED) is 0.824. The normalized spacial score (nSPS) is 15.6. The number of amides is 1. The summed E-state index contributed by atoms with van der Waals surface area (Å²) in [5.41, 5.74) is 1.33. The Bertz CT molecular complexity index is 825. The molecule has 7 heteroatoms. The van der Waals surface area contributed by atoms with E-state index in [1.807, 2.05) is 18.2 Å². The van der Waals surface area contributed by atoms with Gasteiger partial charge in [0.2, 0.25) is 5.91 Å². The third kappa shape index (κ3) is 3.66. The monoisotopic (exact) mass is 359 g/mol. The lowest BCUT2D eigenvalue weighted by Gasteiger charge is -2.24. The van der Waals surface area contributed by atoms with Crippen LogP contribution in [0.1, 0.15) is 27.4 Å². The molecule has 0 radical (unpaired) electrons. The Hall–Kier alpha value is -2.96. The van der Waals surface area contributed by atoms with Crippen LogP contribution in [0.2, 0.25) is 0 Å². The van der Waals surface area contributed by atoms with Gasteiger partial charge in [0, 0.05) is 6.07 Å². The molecular formula is C19H21NO6. The van der Waals surface area contributed by atoms with Gasteiger partial charge in [0.05, 0.1) is 26.7 Å². The van der Waals surface area contributed by atoms with E-state index in [1.54, 1.807) is 20.1 Å². The first-order valence-corrected chi connectivity index (χ1v) is 8.27. The van der Waals surface area contributed by atoms with Crippen molar-refractivity contribution >= 4 is 11.9 Å². The highest BCUT2D eigenvalue weighted by Crippen LogP contribution is 2.31. The standard InChI is InChI=1S/C19H21NO6/c1-11-16(19(22)24-3)7-15(26-11)9-20-18(21)13-6-12-4-5-14(23-2)8-17(12)25-10-13/h4-5,7-8,13H,6,9-10H2,1-3H3,(H,20,21)/t13-/m1/s1. The van der Waals surface area contributed by atoms with Gasteiger partial charge in [-0.3, -0.25) is 4.79 Å². The van der Waals surface area contributed by atoms with Crippen LogP contribution in [0.4, 0.5) is 0 Å². The van der Waals surface area contributed by atoms with Gasteiger partial charge >= 0.3 is 5.97 Å². The highest BCUT2D eigenvalue weighted by Gasteiger charge is 2.26. The molecule has 2 heterocycles. The Kier molecular flexibility index (Phi) is 5.16. The Morgan fingerprint density at radius 1 is 1.27 bits per heavy atom. The maximum atomic E-state index is 12.4. The first-order valence-electron chi connectivity index (χ1n) is 8.27. The van der Waals surface area contributed by atoms with Crippen molar-refractivity contribution in [2.45, 2.75) is 19.9 Å². The molecule has 7 nitrogen and oxygen atoms in total. The highest BCUT2D eigenvalue weighted by atomic mass is 16.5. The number of esters is 1. The van der Waals surface area contributed by atoms with Gasteiger partial charge in [-0.05, 0) is 31.0 Å². The molecule has 1 atom stereocenters. The van der Waals surface area contributed by atoms with Gasteiger partial charge in [0.25, 0.3) is 0 Å². The smallest absolute Gasteiger partial charge is 0.341 e. The van der Waals surface area contributed by atoms with Crippen molar-refractivity contribution in [1.82, 2.24) is 5.32 Å². The zero-order chi connectivity index (χ0) is 18.7. The minimum absolute atomic E-state index is 0.125. The fourth-order valence-corrected chi connectivity index (χ4v) is 2.91. The summed E-state index contributed by atoms with van der Waals surface area (Å²) in [6.45, 7) is 2.18. The van der Waals surface area contributed by atoms with Crippen molar-refractivity contribution in [1.29, 1.82) is 0 Å². The van der Waals surface area contributed by atoms with E-state index in [0.29, 0.717) is 30.1 Å². The predicted octanol–water partition coefficient (Wildman–Crippen LogP) is 2.25. The molecule has 1 N–H and O–H groups in total. The van der Waals surface area contributed by atoms with E-state index < -0.39 is 5.97 Å². The number of methoxy groups -OCH3 is 2. The Labute approximate surface area is 151 Å². The summed E-state index contributed by atoms with van der Waals surface area (Å²) in [5, 5.41) is 2.83. The molecule has 1 aliphatic rings. The van der Waals surface area contributed by atoms with E-state index in [9.17, 15) is 9.59 Å². The average molecular weight is 359 g/mol. The minimum Gasteiger partial charge on any atom is -0.497 e. The number of nitrogens with one attached hydrogen (secondary N) is 1. The minimum atomic E-state index is -0.462. The van der Waals surface area contributed by atoms with Gasteiger partial charge in [-0.25, -0.2) is 4.79 Å². The van der Waals surface area contributed by atoms with Gasteiger partial charge in [-0.15, -0.1) is 0 Å². The van der Waals surface area contributed by atoms with Crippen LogP contribution in [0.5, 0.6) is 11.5 Å². The zero-order valence-corrected chi connectivity index (χ0v) is 15.0. The first kappa shape index (κ1) is 17.8. The van der Waals surface area contributed by atoms with Crippen molar-refractivity contribution in [3.63, 3.8) is 0 Å². The molecule has 3 rings (SSSR count). The van der Waals surface area contributed by atoms with Crippen molar-refractivity contribution in [2.24, 2.45) is 5.92 Å². The molecule has 0 fully saturated rings. The van der Waals surface area contributed by atoms with Crippen LogP contribution in [0.25, 0.3) is 0 Å². The van der Waals surface area contributed by atoms with Crippen LogP contribution in [0.15, 0.2) is 28.7 Å². The summed E-state index contributed by atoms with van der Waals surface area (Å²) < 4.78 is 21.1. The molecule has 1 aliphatic heterocycles. The first-order chi connectivity index (χ1) is 12.5. The molecule has 0 unspecified atom stereocenters. The molecule has 0 saturated heterocycles. The van der Waals surface area contributed by atoms with Crippen molar-refractivity contribution < 1.29 is 28.2 Å². The third-order valence-corrected chi connectivity index (χ3v) is 4.36. The van der Waals surface area contributed by atoms with Crippen molar-refractivity contribution in [2.75, 3.05) is 20.8 Å². The maximum absolute atomic E-state index is 12.4. The number of ether oxygens (including phenoxy) is 3. The molecular weight excluding hydrogens is 338 g/mol. The maximum Gasteiger partial charge on any atom is 0.341 e. The summed E-state index contributed by atoms with van der Waals surface area (Å²) >= 11 is 0. The van der Waals surface area contributed by atoms with Gasteiger partial charge in [0.1, 0.15) is 35.2 Å². The van der Waals surface area contributed by atoms with Crippen LogP contribution in [0.3, 0.4) is 0 Å². The number of furan rings is 1. The molecule has 26 heavy (non-hydrogen) atoms. The van der Waals surface area contributed by atoms with E-state index in [2.05, 4.69) is 10.1 Å². The van der Waals surface area contributed by atoms with Crippen LogP contribution in [-0.4, -0.2) is 32.7 Å². The van der Waals surface area contributed by atoms with Gasteiger partial charge < -0.3 is 23.9 Å². The van der Waals surface area contributed by atoms with Gasteiger partial charge in [-0.2, -0.15) is 0 Å². The lowest BCUT2D eigenvalue weighted by atomic mass is 9.96. The summed E-state index contributed by atoms with van der Waals surface area (Å²) in [6, 6.07) is 7.17. The number of hydrogen-bond acceptors (Lipinski definition) is 6. The summed E-state index contributed by atoms with van der Waals surface area (Å²) in [6.07, 6.45) is 0.593. The number of aryl methyl sites for hydroxylation is 1. The van der Waals surface area contributed by atoms with E-state index in [-0.39, 0.29) is 18.4 Å². The number of carbonyl (C=O) groups is 2. The fraction of sp³-hybridized carbons (Fsp3) is 0.368. The van der Waals surface area contributed by atoms with Crippen molar-refractivity contribution in [3.8, 4) is 11.5 Å². The Morgan fingerprint density at radius 2 is 2.08 bits per heavy atom. The number of benzene rings is 1. The van der Waals surface area contributed by atoms with E-state index in [4.69, 9.17) is 13.9 Å². The SMILES string of the molecule is COC(=O)c1cc(CNC(=O)[C@H]2COc3cc(OC)ccc3C2)oc1C.